The van der Waals surface area contributed by atoms with Crippen LogP contribution in [0.4, 0.5) is 0 Å². The number of rotatable bonds is 31. The lowest BCUT2D eigenvalue weighted by atomic mass is 10.0. The van der Waals surface area contributed by atoms with Gasteiger partial charge in [0.15, 0.2) is 6.10 Å². The monoisotopic (exact) mass is 653 g/mol. The van der Waals surface area contributed by atoms with Crippen LogP contribution in [0.5, 0.6) is 0 Å². The van der Waals surface area contributed by atoms with E-state index in [0.29, 0.717) is 0 Å². The van der Waals surface area contributed by atoms with Crippen molar-refractivity contribution in [1.82, 2.24) is 0 Å². The second-order valence-electron chi connectivity index (χ2n) is 12.8. The molecule has 1 N–H and O–H groups in total. The fraction of sp³-hybridized carbons (Fsp3) is 0.630. The summed E-state index contributed by atoms with van der Waals surface area (Å²) in [7, 11) is 0. The fourth-order valence-corrected chi connectivity index (χ4v) is 5.34. The smallest absolute Gasteiger partial charge is 0.228 e. The van der Waals surface area contributed by atoms with Gasteiger partial charge in [-0.15, -0.1) is 18.8 Å². The van der Waals surface area contributed by atoms with Gasteiger partial charge < -0.3 is 5.11 Å². The van der Waals surface area contributed by atoms with Crippen LogP contribution in [-0.4, -0.2) is 17.0 Å². The summed E-state index contributed by atoms with van der Waals surface area (Å²) in [6, 6.07) is 0. The third-order valence-electron chi connectivity index (χ3n) is 8.26. The molecule has 0 saturated heterocycles. The van der Waals surface area contributed by atoms with Gasteiger partial charge in [0.05, 0.1) is 0 Å². The first-order valence-corrected chi connectivity index (χ1v) is 19.4. The predicted molar refractivity (Wildman–Crippen MR) is 210 cm³/mol. The number of allylic oxidation sites excluding steroid dienone is 8. The summed E-state index contributed by atoms with van der Waals surface area (Å²) in [6.45, 7) is 0. The van der Waals surface area contributed by atoms with E-state index in [9.17, 15) is 9.90 Å². The van der Waals surface area contributed by atoms with Crippen molar-refractivity contribution in [3.8, 4) is 48.4 Å². The van der Waals surface area contributed by atoms with Crippen molar-refractivity contribution in [1.29, 1.82) is 0 Å². The molecule has 48 heavy (non-hydrogen) atoms. The topological polar surface area (TPSA) is 37.3 Å². The second-order valence-corrected chi connectivity index (χ2v) is 12.8. The van der Waals surface area contributed by atoms with E-state index in [1.165, 1.54) is 122 Å². The van der Waals surface area contributed by atoms with Crippen LogP contribution in [0.15, 0.2) is 48.6 Å². The standard InChI is InChI=1S/C46H68O2/c1-3-5-6-7-8-9-10-11-12-13-14-15-16-17-18-19-20-21-25-28-31-34-37-40-43-46(48)44-41-38-35-32-29-26-23-22-24-27-30-33-36-39-42-45(47)4-2/h1-2,21,23,25-26,34,37,39,42,46,48H,5-20,22,24,27-33,35-36,38H2/b25-21-,26-23-,37-34+,42-39+/t46-/m0/s1. The molecule has 0 aliphatic rings. The van der Waals surface area contributed by atoms with Crippen LogP contribution in [0, 0.1) is 48.4 Å². The molecule has 1 atom stereocenters. The minimum Gasteiger partial charge on any atom is -0.369 e. The van der Waals surface area contributed by atoms with Crippen molar-refractivity contribution >= 4 is 5.78 Å². The summed E-state index contributed by atoms with van der Waals surface area (Å²) in [5, 5.41) is 9.93. The molecule has 0 saturated carbocycles. The molecule has 2 heteroatoms. The molecular formula is C46H68O2. The SMILES string of the molecule is C#CCCCCCCCCCCCCCCCC/C=C\CC/C=C/C#C[C@H](O)C#CCCCC/C=C\CCCCCC/C=C/C(=O)C#C. The molecule has 0 spiro atoms. The molecule has 0 aliphatic heterocycles. The number of terminal acetylenes is 2. The zero-order valence-electron chi connectivity index (χ0n) is 30.5. The number of carbonyl (C=O) groups is 1. The van der Waals surface area contributed by atoms with E-state index in [4.69, 9.17) is 12.8 Å². The van der Waals surface area contributed by atoms with Crippen molar-refractivity contribution in [3.05, 3.63) is 48.6 Å². The first-order chi connectivity index (χ1) is 23.7. The lowest BCUT2D eigenvalue weighted by Gasteiger charge is -2.03. The Morgan fingerprint density at radius 3 is 1.44 bits per heavy atom. The highest BCUT2D eigenvalue weighted by atomic mass is 16.3. The maximum absolute atomic E-state index is 11.0. The number of hydrogen-bond donors (Lipinski definition) is 1. The van der Waals surface area contributed by atoms with E-state index in [-0.39, 0.29) is 5.78 Å². The van der Waals surface area contributed by atoms with E-state index in [2.05, 4.69) is 65.9 Å². The molecule has 2 nitrogen and oxygen atoms in total. The van der Waals surface area contributed by atoms with Crippen LogP contribution >= 0.6 is 0 Å². The average molecular weight is 653 g/mol. The lowest BCUT2D eigenvalue weighted by Crippen LogP contribution is -1.97. The molecule has 0 rings (SSSR count). The third-order valence-corrected chi connectivity index (χ3v) is 8.26. The Kier molecular flexibility index (Phi) is 37.4. The Hall–Kier alpha value is -3.17. The molecule has 0 unspecified atom stereocenters. The van der Waals surface area contributed by atoms with Gasteiger partial charge in [0.25, 0.3) is 0 Å². The first kappa shape index (κ1) is 44.8. The third kappa shape index (κ3) is 39.0. The highest BCUT2D eigenvalue weighted by Crippen LogP contribution is 2.14. The van der Waals surface area contributed by atoms with Crippen molar-refractivity contribution in [2.45, 2.75) is 186 Å². The lowest BCUT2D eigenvalue weighted by molar-refractivity contribution is -0.109. The number of aliphatic hydroxyl groups is 1. The van der Waals surface area contributed by atoms with Crippen molar-refractivity contribution < 1.29 is 9.90 Å². The van der Waals surface area contributed by atoms with E-state index >= 15 is 0 Å². The van der Waals surface area contributed by atoms with Crippen LogP contribution in [0.2, 0.25) is 0 Å². The summed E-state index contributed by atoms with van der Waals surface area (Å²) in [6.07, 6.45) is 59.9. The number of aliphatic hydroxyl groups excluding tert-OH is 1. The summed E-state index contributed by atoms with van der Waals surface area (Å²) >= 11 is 0. The maximum Gasteiger partial charge on any atom is 0.228 e. The Bertz CT molecular complexity index is 1070. The summed E-state index contributed by atoms with van der Waals surface area (Å²) in [5.74, 6) is 16.2. The Morgan fingerprint density at radius 1 is 0.500 bits per heavy atom. The van der Waals surface area contributed by atoms with Crippen molar-refractivity contribution in [2.75, 3.05) is 0 Å². The fourth-order valence-electron chi connectivity index (χ4n) is 5.34. The van der Waals surface area contributed by atoms with Gasteiger partial charge in [-0.3, -0.25) is 4.79 Å². The van der Waals surface area contributed by atoms with Crippen molar-refractivity contribution in [3.63, 3.8) is 0 Å². The van der Waals surface area contributed by atoms with Crippen LogP contribution in [0.1, 0.15) is 180 Å². The molecule has 0 amide bonds. The highest BCUT2D eigenvalue weighted by Gasteiger charge is 1.95. The first-order valence-electron chi connectivity index (χ1n) is 19.4. The van der Waals surface area contributed by atoms with Crippen LogP contribution in [-0.2, 0) is 4.79 Å². The Balaban J connectivity index is 3.50. The highest BCUT2D eigenvalue weighted by molar-refractivity contribution is 6.03. The Morgan fingerprint density at radius 2 is 0.917 bits per heavy atom. The van der Waals surface area contributed by atoms with Gasteiger partial charge in [-0.2, -0.15) is 0 Å². The van der Waals surface area contributed by atoms with Crippen LogP contribution < -0.4 is 0 Å². The molecular weight excluding hydrogens is 585 g/mol. The molecule has 0 fully saturated rings. The quantitative estimate of drug-likeness (QED) is 0.0266. The summed E-state index contributed by atoms with van der Waals surface area (Å²) in [5.41, 5.74) is 0. The molecule has 264 valence electrons. The molecule has 0 bridgehead atoms. The van der Waals surface area contributed by atoms with Gasteiger partial charge in [-0.25, -0.2) is 0 Å². The molecule has 0 aromatic carbocycles. The normalized spacial score (nSPS) is 11.8. The minimum absolute atomic E-state index is 0.250. The van der Waals surface area contributed by atoms with Gasteiger partial charge >= 0.3 is 0 Å². The Labute approximate surface area is 297 Å². The number of ketones is 1. The number of unbranched alkanes of at least 4 members (excludes halogenated alkanes) is 24. The van der Waals surface area contributed by atoms with Crippen molar-refractivity contribution in [2.24, 2.45) is 0 Å². The van der Waals surface area contributed by atoms with E-state index in [0.717, 1.165) is 64.2 Å². The predicted octanol–water partition coefficient (Wildman–Crippen LogP) is 12.3. The maximum atomic E-state index is 11.0. The summed E-state index contributed by atoms with van der Waals surface area (Å²) < 4.78 is 0. The van der Waals surface area contributed by atoms with E-state index < -0.39 is 6.10 Å². The van der Waals surface area contributed by atoms with Crippen LogP contribution in [0.25, 0.3) is 0 Å². The van der Waals surface area contributed by atoms with Gasteiger partial charge in [-0.05, 0) is 95.1 Å². The molecule has 0 radical (unpaired) electrons. The molecule has 0 aliphatic carbocycles. The van der Waals surface area contributed by atoms with Gasteiger partial charge in [0.1, 0.15) is 0 Å². The molecule has 0 heterocycles. The van der Waals surface area contributed by atoms with E-state index in [1.807, 2.05) is 12.2 Å². The van der Waals surface area contributed by atoms with Crippen LogP contribution in [0.3, 0.4) is 0 Å². The molecule has 0 aromatic heterocycles. The minimum atomic E-state index is -0.869. The van der Waals surface area contributed by atoms with Gasteiger partial charge in [0, 0.05) is 12.8 Å². The van der Waals surface area contributed by atoms with Gasteiger partial charge in [-0.1, -0.05) is 150 Å². The number of carbonyl (C=O) groups excluding carboxylic acids is 1. The summed E-state index contributed by atoms with van der Waals surface area (Å²) in [4.78, 5) is 11.0. The zero-order chi connectivity index (χ0) is 34.9. The zero-order valence-corrected chi connectivity index (χ0v) is 30.5. The number of hydrogen-bond acceptors (Lipinski definition) is 2. The second kappa shape index (κ2) is 40.0. The van der Waals surface area contributed by atoms with Gasteiger partial charge in [0.2, 0.25) is 5.78 Å². The molecule has 0 aromatic rings. The average Bonchev–Trinajstić information content (AvgIpc) is 3.09. The largest absolute Gasteiger partial charge is 0.369 e. The van der Waals surface area contributed by atoms with E-state index in [1.54, 1.807) is 0 Å².